The minimum atomic E-state index is -0.105. The Kier molecular flexibility index (Phi) is 2.64. The Morgan fingerprint density at radius 2 is 2.00 bits per heavy atom. The van der Waals surface area contributed by atoms with Gasteiger partial charge in [-0.1, -0.05) is 30.5 Å². The first-order chi connectivity index (χ1) is 8.25. The van der Waals surface area contributed by atoms with Gasteiger partial charge in [0.2, 0.25) is 0 Å². The molecule has 90 valence electrons. The standard InChI is InChI=1S/C14H16ClNO/c15-12-4-3-11-5-8-16(13(11)9-12)14(10-17)6-1-2-7-14/h3-5,8-9,17H,1-2,6-7,10H2. The SMILES string of the molecule is OCC1(n2ccc3ccc(Cl)cc32)CCCC1. The van der Waals surface area contributed by atoms with Crippen molar-refractivity contribution in [1.29, 1.82) is 0 Å². The zero-order valence-electron chi connectivity index (χ0n) is 9.69. The minimum absolute atomic E-state index is 0.105. The van der Waals surface area contributed by atoms with Gasteiger partial charge in [-0.05, 0) is 36.4 Å². The number of fused-ring (bicyclic) bond motifs is 1. The molecule has 0 saturated heterocycles. The third kappa shape index (κ3) is 1.67. The lowest BCUT2D eigenvalue weighted by molar-refractivity contribution is 0.141. The fourth-order valence-corrected chi connectivity index (χ4v) is 3.19. The summed E-state index contributed by atoms with van der Waals surface area (Å²) >= 11 is 6.07. The zero-order valence-corrected chi connectivity index (χ0v) is 10.5. The van der Waals surface area contributed by atoms with Gasteiger partial charge < -0.3 is 9.67 Å². The second-order valence-electron chi connectivity index (χ2n) is 4.98. The summed E-state index contributed by atoms with van der Waals surface area (Å²) < 4.78 is 2.22. The van der Waals surface area contributed by atoms with Gasteiger partial charge in [-0.3, -0.25) is 0 Å². The van der Waals surface area contributed by atoms with E-state index < -0.39 is 0 Å². The van der Waals surface area contributed by atoms with Crippen LogP contribution in [-0.2, 0) is 5.54 Å². The highest BCUT2D eigenvalue weighted by Crippen LogP contribution is 2.39. The maximum absolute atomic E-state index is 9.76. The Morgan fingerprint density at radius 1 is 1.24 bits per heavy atom. The zero-order chi connectivity index (χ0) is 11.9. The first kappa shape index (κ1) is 11.1. The molecule has 1 heterocycles. The molecule has 1 fully saturated rings. The van der Waals surface area contributed by atoms with E-state index in [1.807, 2.05) is 18.2 Å². The van der Waals surface area contributed by atoms with Crippen LogP contribution in [0.5, 0.6) is 0 Å². The number of aliphatic hydroxyl groups excluding tert-OH is 1. The summed E-state index contributed by atoms with van der Waals surface area (Å²) in [6, 6.07) is 8.04. The summed E-state index contributed by atoms with van der Waals surface area (Å²) in [5.74, 6) is 0. The molecule has 0 spiro atoms. The summed E-state index contributed by atoms with van der Waals surface area (Å²) in [5.41, 5.74) is 1.03. The number of aliphatic hydroxyl groups is 1. The van der Waals surface area contributed by atoms with Crippen LogP contribution in [0.15, 0.2) is 30.5 Å². The Hall–Kier alpha value is -0.990. The van der Waals surface area contributed by atoms with Crippen LogP contribution in [0.4, 0.5) is 0 Å². The van der Waals surface area contributed by atoms with Crippen LogP contribution in [0.3, 0.4) is 0 Å². The Labute approximate surface area is 106 Å². The molecule has 0 amide bonds. The van der Waals surface area contributed by atoms with Crippen molar-refractivity contribution in [3.8, 4) is 0 Å². The molecule has 1 aromatic heterocycles. The van der Waals surface area contributed by atoms with Gasteiger partial charge in [0.25, 0.3) is 0 Å². The van der Waals surface area contributed by atoms with Gasteiger partial charge in [-0.2, -0.15) is 0 Å². The van der Waals surface area contributed by atoms with Gasteiger partial charge in [-0.15, -0.1) is 0 Å². The van der Waals surface area contributed by atoms with E-state index in [1.54, 1.807) is 0 Å². The Bertz CT molecular complexity index is 540. The van der Waals surface area contributed by atoms with Crippen molar-refractivity contribution < 1.29 is 5.11 Å². The molecule has 3 heteroatoms. The number of rotatable bonds is 2. The van der Waals surface area contributed by atoms with E-state index in [0.717, 1.165) is 23.4 Å². The molecule has 3 rings (SSSR count). The Balaban J connectivity index is 2.19. The highest BCUT2D eigenvalue weighted by Gasteiger charge is 2.35. The van der Waals surface area contributed by atoms with Crippen LogP contribution in [0.1, 0.15) is 25.7 Å². The van der Waals surface area contributed by atoms with E-state index >= 15 is 0 Å². The molecule has 0 radical (unpaired) electrons. The lowest BCUT2D eigenvalue weighted by Crippen LogP contribution is -2.33. The molecule has 1 N–H and O–H groups in total. The molecule has 0 bridgehead atoms. The topological polar surface area (TPSA) is 25.2 Å². The smallest absolute Gasteiger partial charge is 0.0675 e. The molecule has 2 aromatic rings. The number of hydrogen-bond donors (Lipinski definition) is 1. The fraction of sp³-hybridized carbons (Fsp3) is 0.429. The van der Waals surface area contributed by atoms with Crippen LogP contribution in [0.25, 0.3) is 10.9 Å². The highest BCUT2D eigenvalue weighted by atomic mass is 35.5. The third-order valence-corrected chi connectivity index (χ3v) is 4.23. The van der Waals surface area contributed by atoms with Crippen LogP contribution >= 0.6 is 11.6 Å². The molecular weight excluding hydrogens is 234 g/mol. The van der Waals surface area contributed by atoms with Crippen molar-refractivity contribution >= 4 is 22.5 Å². The van der Waals surface area contributed by atoms with E-state index in [0.29, 0.717) is 0 Å². The van der Waals surface area contributed by atoms with Crippen LogP contribution in [0.2, 0.25) is 5.02 Å². The molecule has 1 aliphatic carbocycles. The second-order valence-corrected chi connectivity index (χ2v) is 5.41. The average Bonchev–Trinajstić information content (AvgIpc) is 2.94. The van der Waals surface area contributed by atoms with Crippen LogP contribution in [0, 0.1) is 0 Å². The van der Waals surface area contributed by atoms with Gasteiger partial charge in [0, 0.05) is 11.2 Å². The van der Waals surface area contributed by atoms with Gasteiger partial charge in [-0.25, -0.2) is 0 Å². The quantitative estimate of drug-likeness (QED) is 0.865. The number of aromatic nitrogens is 1. The normalized spacial score (nSPS) is 18.9. The lowest BCUT2D eigenvalue weighted by Gasteiger charge is -2.30. The molecule has 1 saturated carbocycles. The van der Waals surface area contributed by atoms with Crippen molar-refractivity contribution in [3.63, 3.8) is 0 Å². The fourth-order valence-electron chi connectivity index (χ4n) is 3.02. The summed E-state index contributed by atoms with van der Waals surface area (Å²) in [6.45, 7) is 0.212. The largest absolute Gasteiger partial charge is 0.394 e. The van der Waals surface area contributed by atoms with Crippen molar-refractivity contribution in [1.82, 2.24) is 4.57 Å². The van der Waals surface area contributed by atoms with Gasteiger partial charge in [0.15, 0.2) is 0 Å². The number of benzene rings is 1. The number of halogens is 1. The summed E-state index contributed by atoms with van der Waals surface area (Å²) in [4.78, 5) is 0. The van der Waals surface area contributed by atoms with Crippen molar-refractivity contribution in [2.75, 3.05) is 6.61 Å². The van der Waals surface area contributed by atoms with Crippen molar-refractivity contribution in [2.45, 2.75) is 31.2 Å². The first-order valence-electron chi connectivity index (χ1n) is 6.13. The van der Waals surface area contributed by atoms with E-state index in [-0.39, 0.29) is 12.1 Å². The number of nitrogens with zero attached hydrogens (tertiary/aromatic N) is 1. The van der Waals surface area contributed by atoms with E-state index in [9.17, 15) is 5.11 Å². The average molecular weight is 250 g/mol. The molecule has 0 aliphatic heterocycles. The van der Waals surface area contributed by atoms with Gasteiger partial charge in [0.05, 0.1) is 17.7 Å². The van der Waals surface area contributed by atoms with Crippen LogP contribution < -0.4 is 0 Å². The summed E-state index contributed by atoms with van der Waals surface area (Å²) in [5, 5.41) is 11.7. The molecule has 1 aromatic carbocycles. The predicted molar refractivity (Wildman–Crippen MR) is 70.5 cm³/mol. The van der Waals surface area contributed by atoms with Gasteiger partial charge >= 0.3 is 0 Å². The van der Waals surface area contributed by atoms with Crippen molar-refractivity contribution in [2.24, 2.45) is 0 Å². The van der Waals surface area contributed by atoms with Crippen molar-refractivity contribution in [3.05, 3.63) is 35.5 Å². The molecule has 0 unspecified atom stereocenters. The monoisotopic (exact) mass is 249 g/mol. The lowest BCUT2D eigenvalue weighted by atomic mass is 9.98. The first-order valence-corrected chi connectivity index (χ1v) is 6.51. The summed E-state index contributed by atoms with van der Waals surface area (Å²) in [6.07, 6.45) is 6.59. The van der Waals surface area contributed by atoms with Crippen LogP contribution in [-0.4, -0.2) is 16.3 Å². The van der Waals surface area contributed by atoms with Gasteiger partial charge in [0.1, 0.15) is 0 Å². The third-order valence-electron chi connectivity index (χ3n) is 3.99. The van der Waals surface area contributed by atoms with E-state index in [2.05, 4.69) is 16.8 Å². The second kappa shape index (κ2) is 4.04. The van der Waals surface area contributed by atoms with E-state index in [4.69, 9.17) is 11.6 Å². The molecule has 0 atom stereocenters. The number of hydrogen-bond acceptors (Lipinski definition) is 1. The minimum Gasteiger partial charge on any atom is -0.394 e. The molecular formula is C14H16ClNO. The molecule has 17 heavy (non-hydrogen) atoms. The summed E-state index contributed by atoms with van der Waals surface area (Å²) in [7, 11) is 0. The predicted octanol–water partition coefficient (Wildman–Crippen LogP) is 3.56. The molecule has 2 nitrogen and oxygen atoms in total. The Morgan fingerprint density at radius 3 is 2.71 bits per heavy atom. The molecule has 1 aliphatic rings. The maximum atomic E-state index is 9.76. The maximum Gasteiger partial charge on any atom is 0.0675 e. The van der Waals surface area contributed by atoms with E-state index in [1.165, 1.54) is 18.2 Å². The highest BCUT2D eigenvalue weighted by molar-refractivity contribution is 6.31.